The lowest BCUT2D eigenvalue weighted by Crippen LogP contribution is -2.41. The molecule has 3 aromatic rings. The molecule has 1 atom stereocenters. The molecule has 1 N–H and O–H groups in total. The summed E-state index contributed by atoms with van der Waals surface area (Å²) >= 11 is 12.7. The average Bonchev–Trinajstić information content (AvgIpc) is 3.22. The maximum absolute atomic E-state index is 15.2. The van der Waals surface area contributed by atoms with Crippen molar-refractivity contribution in [1.82, 2.24) is 14.5 Å². The Bertz CT molecular complexity index is 1410. The van der Waals surface area contributed by atoms with Crippen LogP contribution < -0.4 is 10.9 Å². The van der Waals surface area contributed by atoms with Crippen LogP contribution in [0.3, 0.4) is 0 Å². The van der Waals surface area contributed by atoms with Crippen molar-refractivity contribution < 1.29 is 13.6 Å². The number of allylic oxidation sites excluding steroid dienone is 1. The van der Waals surface area contributed by atoms with Crippen LogP contribution in [0.25, 0.3) is 10.9 Å². The summed E-state index contributed by atoms with van der Waals surface area (Å²) in [7, 11) is 0. The molecular weight excluding hydrogens is 497 g/mol. The Morgan fingerprint density at radius 1 is 1.23 bits per heavy atom. The fraction of sp³-hybridized carbons (Fsp3) is 0.320. The van der Waals surface area contributed by atoms with E-state index in [1.807, 2.05) is 13.8 Å². The largest absolute Gasteiger partial charge is 0.373 e. The van der Waals surface area contributed by atoms with Gasteiger partial charge in [0, 0.05) is 30.4 Å². The van der Waals surface area contributed by atoms with E-state index < -0.39 is 22.7 Å². The first-order valence-corrected chi connectivity index (χ1v) is 11.9. The van der Waals surface area contributed by atoms with Crippen LogP contribution in [-0.2, 0) is 10.3 Å². The molecule has 4 rings (SSSR count). The highest BCUT2D eigenvalue weighted by Gasteiger charge is 2.44. The van der Waals surface area contributed by atoms with Gasteiger partial charge < -0.3 is 10.2 Å². The first-order valence-electron chi connectivity index (χ1n) is 11.1. The van der Waals surface area contributed by atoms with Crippen LogP contribution in [0, 0.1) is 11.6 Å². The van der Waals surface area contributed by atoms with Crippen molar-refractivity contribution in [2.24, 2.45) is 0 Å². The number of carbonyl (C=O) groups excluding carboxylic acids is 1. The van der Waals surface area contributed by atoms with Gasteiger partial charge in [-0.25, -0.2) is 13.8 Å². The molecule has 0 spiro atoms. The third-order valence-corrected chi connectivity index (χ3v) is 7.00. The van der Waals surface area contributed by atoms with Gasteiger partial charge in [0.15, 0.2) is 5.82 Å². The molecule has 1 saturated heterocycles. The third-order valence-electron chi connectivity index (χ3n) is 6.19. The van der Waals surface area contributed by atoms with Crippen molar-refractivity contribution >= 4 is 45.7 Å². The molecule has 1 aromatic heterocycles. The number of amides is 1. The monoisotopic (exact) mass is 520 g/mol. The topological polar surface area (TPSA) is 67.2 Å². The van der Waals surface area contributed by atoms with Crippen LogP contribution in [0.5, 0.6) is 0 Å². The molecule has 1 amide bonds. The second-order valence-corrected chi connectivity index (χ2v) is 9.63. The molecule has 6 nitrogen and oxygen atoms in total. The summed E-state index contributed by atoms with van der Waals surface area (Å²) in [6, 6.07) is 5.06. The van der Waals surface area contributed by atoms with Gasteiger partial charge in [-0.15, -0.1) is 0 Å². The fourth-order valence-electron chi connectivity index (χ4n) is 4.50. The Balaban J connectivity index is 1.88. The van der Waals surface area contributed by atoms with Gasteiger partial charge in [-0.1, -0.05) is 29.3 Å². The summed E-state index contributed by atoms with van der Waals surface area (Å²) in [5.41, 5.74) is -1.37. The predicted molar refractivity (Wildman–Crippen MR) is 134 cm³/mol. The SMILES string of the molecule is C/C=C/C(=O)N1CC[C@@](Nc2cc(F)c3ncn(C(C)C)c(=O)c3c2)(c2c(F)ccc(Cl)c2Cl)C1. The Hall–Kier alpha value is -2.97. The van der Waals surface area contributed by atoms with Crippen molar-refractivity contribution in [3.63, 3.8) is 0 Å². The summed E-state index contributed by atoms with van der Waals surface area (Å²) in [6.45, 7) is 5.72. The molecule has 0 radical (unpaired) electrons. The molecule has 1 aliphatic rings. The summed E-state index contributed by atoms with van der Waals surface area (Å²) in [4.78, 5) is 31.2. The van der Waals surface area contributed by atoms with E-state index in [2.05, 4.69) is 10.3 Å². The molecule has 1 fully saturated rings. The van der Waals surface area contributed by atoms with Gasteiger partial charge in [-0.3, -0.25) is 14.2 Å². The summed E-state index contributed by atoms with van der Waals surface area (Å²) in [5.74, 6) is -1.56. The predicted octanol–water partition coefficient (Wildman–Crippen LogP) is 5.68. The standard InChI is InChI=1S/C25H24Cl2F2N4O2/c1-4-5-20(34)32-9-8-25(12-32,21-18(28)7-6-17(26)22(21)27)31-15-10-16-23(19(29)11-15)30-13-33(14(2)3)24(16)35/h4-7,10-11,13-14,31H,8-9,12H2,1-3H3/b5-4+/t25-/m0/s1. The number of halogens is 4. The normalized spacial score (nSPS) is 18.2. The maximum Gasteiger partial charge on any atom is 0.261 e. The second-order valence-electron chi connectivity index (χ2n) is 8.84. The van der Waals surface area contributed by atoms with Crippen LogP contribution in [0.2, 0.25) is 10.0 Å². The Morgan fingerprint density at radius 3 is 2.66 bits per heavy atom. The highest BCUT2D eigenvalue weighted by Crippen LogP contribution is 2.43. The number of nitrogens with zero attached hydrogens (tertiary/aromatic N) is 3. The zero-order valence-electron chi connectivity index (χ0n) is 19.4. The van der Waals surface area contributed by atoms with Gasteiger partial charge in [-0.2, -0.15) is 0 Å². The number of aromatic nitrogens is 2. The van der Waals surface area contributed by atoms with E-state index in [1.165, 1.54) is 41.2 Å². The first-order chi connectivity index (χ1) is 16.6. The number of likely N-dealkylation sites (tertiary alicyclic amines) is 1. The minimum absolute atomic E-state index is 0.00425. The Kier molecular flexibility index (Phi) is 6.88. The molecule has 0 aliphatic carbocycles. The Morgan fingerprint density at radius 2 is 1.97 bits per heavy atom. The number of fused-ring (bicyclic) bond motifs is 1. The zero-order valence-corrected chi connectivity index (χ0v) is 20.9. The van der Waals surface area contributed by atoms with Crippen molar-refractivity contribution in [3.8, 4) is 0 Å². The molecule has 0 saturated carbocycles. The van der Waals surface area contributed by atoms with Crippen LogP contribution in [-0.4, -0.2) is 33.4 Å². The maximum atomic E-state index is 15.2. The van der Waals surface area contributed by atoms with Gasteiger partial charge in [0.05, 0.1) is 27.3 Å². The minimum Gasteiger partial charge on any atom is -0.373 e. The molecule has 10 heteroatoms. The van der Waals surface area contributed by atoms with Crippen LogP contribution in [0.4, 0.5) is 14.5 Å². The minimum atomic E-state index is -1.22. The number of rotatable bonds is 5. The summed E-state index contributed by atoms with van der Waals surface area (Å²) < 4.78 is 31.7. The molecule has 0 unspecified atom stereocenters. The van der Waals surface area contributed by atoms with Crippen molar-refractivity contribution in [3.05, 3.63) is 80.3 Å². The third kappa shape index (κ3) is 4.52. The van der Waals surface area contributed by atoms with Crippen molar-refractivity contribution in [2.45, 2.75) is 38.8 Å². The zero-order chi connectivity index (χ0) is 25.5. The van der Waals surface area contributed by atoms with Crippen LogP contribution in [0.1, 0.15) is 38.8 Å². The van der Waals surface area contributed by atoms with E-state index >= 15 is 8.78 Å². The van der Waals surface area contributed by atoms with Gasteiger partial charge in [0.2, 0.25) is 5.91 Å². The van der Waals surface area contributed by atoms with Crippen molar-refractivity contribution in [1.29, 1.82) is 0 Å². The summed E-state index contributed by atoms with van der Waals surface area (Å²) in [5, 5.41) is 3.43. The van der Waals surface area contributed by atoms with Gasteiger partial charge >= 0.3 is 0 Å². The van der Waals surface area contributed by atoms with E-state index in [9.17, 15) is 9.59 Å². The number of anilines is 1. The molecule has 2 aromatic carbocycles. The highest BCUT2D eigenvalue weighted by atomic mass is 35.5. The molecule has 2 heterocycles. The smallest absolute Gasteiger partial charge is 0.261 e. The van der Waals surface area contributed by atoms with Crippen LogP contribution >= 0.6 is 23.2 Å². The summed E-state index contributed by atoms with van der Waals surface area (Å²) in [6.07, 6.45) is 4.63. The van der Waals surface area contributed by atoms with E-state index in [-0.39, 0.29) is 57.1 Å². The molecule has 35 heavy (non-hydrogen) atoms. The van der Waals surface area contributed by atoms with Gasteiger partial charge in [0.25, 0.3) is 5.56 Å². The quantitative estimate of drug-likeness (QED) is 0.347. The van der Waals surface area contributed by atoms with Gasteiger partial charge in [0.1, 0.15) is 11.3 Å². The molecular formula is C25H24Cl2F2N4O2. The lowest BCUT2D eigenvalue weighted by molar-refractivity contribution is -0.125. The first kappa shape index (κ1) is 25.1. The molecule has 184 valence electrons. The molecule has 0 bridgehead atoms. The van der Waals surface area contributed by atoms with E-state index in [0.29, 0.717) is 6.54 Å². The van der Waals surface area contributed by atoms with Gasteiger partial charge in [-0.05, 0) is 57.5 Å². The second kappa shape index (κ2) is 9.59. The number of benzene rings is 2. The Labute approximate surface area is 211 Å². The number of carbonyl (C=O) groups is 1. The van der Waals surface area contributed by atoms with E-state index in [1.54, 1.807) is 17.9 Å². The van der Waals surface area contributed by atoms with E-state index in [0.717, 1.165) is 0 Å². The number of nitrogens with one attached hydrogen (secondary N) is 1. The lowest BCUT2D eigenvalue weighted by Gasteiger charge is -2.33. The lowest BCUT2D eigenvalue weighted by atomic mass is 9.87. The fourth-order valence-corrected chi connectivity index (χ4v) is 4.99. The molecule has 1 aliphatic heterocycles. The number of hydrogen-bond acceptors (Lipinski definition) is 4. The van der Waals surface area contributed by atoms with E-state index in [4.69, 9.17) is 23.2 Å². The van der Waals surface area contributed by atoms with Crippen molar-refractivity contribution in [2.75, 3.05) is 18.4 Å². The number of hydrogen-bond donors (Lipinski definition) is 1. The van der Waals surface area contributed by atoms with Crippen LogP contribution in [0.15, 0.2) is 47.5 Å². The highest BCUT2D eigenvalue weighted by molar-refractivity contribution is 6.42. The average molecular weight is 521 g/mol.